The molecule has 5 rings (SSSR count). The van der Waals surface area contributed by atoms with Crippen LogP contribution in [0.2, 0.25) is 0 Å². The summed E-state index contributed by atoms with van der Waals surface area (Å²) in [6.07, 6.45) is 4.43. The zero-order valence-electron chi connectivity index (χ0n) is 16.4. The first-order valence-electron chi connectivity index (χ1n) is 9.91. The van der Waals surface area contributed by atoms with Crippen LogP contribution in [-0.2, 0) is 19.5 Å². The summed E-state index contributed by atoms with van der Waals surface area (Å²) in [4.78, 5) is 21.3. The molecular weight excluding hydrogens is 394 g/mol. The van der Waals surface area contributed by atoms with Gasteiger partial charge in [-0.25, -0.2) is 9.67 Å². The second-order valence-electron chi connectivity index (χ2n) is 7.26. The van der Waals surface area contributed by atoms with Crippen molar-refractivity contribution in [2.75, 3.05) is 11.9 Å². The van der Waals surface area contributed by atoms with Crippen LogP contribution in [0.3, 0.4) is 0 Å². The van der Waals surface area contributed by atoms with Crippen LogP contribution in [0.15, 0.2) is 73.1 Å². The predicted molar refractivity (Wildman–Crippen MR) is 118 cm³/mol. The molecule has 0 saturated heterocycles. The minimum atomic E-state index is -0.173. The van der Waals surface area contributed by atoms with Crippen molar-refractivity contribution in [2.24, 2.45) is 0 Å². The predicted octanol–water partition coefficient (Wildman–Crippen LogP) is 4.14. The fourth-order valence-electron chi connectivity index (χ4n) is 3.72. The van der Waals surface area contributed by atoms with Crippen molar-refractivity contribution in [2.45, 2.75) is 19.5 Å². The third-order valence-electron chi connectivity index (χ3n) is 5.18. The Morgan fingerprint density at radius 3 is 2.73 bits per heavy atom. The third-order valence-corrected chi connectivity index (χ3v) is 6.18. The van der Waals surface area contributed by atoms with E-state index < -0.39 is 0 Å². The normalized spacial score (nSPS) is 13.7. The van der Waals surface area contributed by atoms with Crippen LogP contribution >= 0.6 is 11.3 Å². The van der Waals surface area contributed by atoms with Crippen molar-refractivity contribution in [1.82, 2.24) is 19.7 Å². The highest BCUT2D eigenvalue weighted by molar-refractivity contribution is 7.15. The molecule has 7 heteroatoms. The largest absolute Gasteiger partial charge is 0.298 e. The maximum Gasteiger partial charge on any atom is 0.259 e. The second kappa shape index (κ2) is 8.22. The van der Waals surface area contributed by atoms with Crippen LogP contribution in [0.25, 0.3) is 5.69 Å². The number of benzene rings is 2. The van der Waals surface area contributed by atoms with Crippen LogP contribution in [-0.4, -0.2) is 32.1 Å². The number of fused-ring (bicyclic) bond motifs is 1. The van der Waals surface area contributed by atoms with Crippen LogP contribution < -0.4 is 5.32 Å². The standard InChI is InChI=1S/C23H21N5OS/c29-22(18-9-4-5-10-20(18)28-13-6-12-24-28)26-23-25-19-11-14-27(16-21(19)30-23)15-17-7-2-1-3-8-17/h1-10,12-13H,11,14-16H2,(H,25,26,29). The van der Waals surface area contributed by atoms with E-state index in [2.05, 4.69) is 44.6 Å². The first kappa shape index (κ1) is 18.7. The Balaban J connectivity index is 1.31. The van der Waals surface area contributed by atoms with E-state index >= 15 is 0 Å². The molecular formula is C23H21N5OS. The molecule has 1 N–H and O–H groups in total. The summed E-state index contributed by atoms with van der Waals surface area (Å²) >= 11 is 1.57. The van der Waals surface area contributed by atoms with Crippen molar-refractivity contribution in [3.05, 3.63) is 94.8 Å². The van der Waals surface area contributed by atoms with Crippen molar-refractivity contribution in [3.63, 3.8) is 0 Å². The molecule has 1 aliphatic rings. The van der Waals surface area contributed by atoms with Gasteiger partial charge in [-0.1, -0.05) is 42.5 Å². The molecule has 30 heavy (non-hydrogen) atoms. The smallest absolute Gasteiger partial charge is 0.259 e. The molecule has 1 aliphatic heterocycles. The number of nitrogens with zero attached hydrogens (tertiary/aromatic N) is 4. The van der Waals surface area contributed by atoms with Gasteiger partial charge in [0.05, 0.1) is 16.9 Å². The molecule has 150 valence electrons. The quantitative estimate of drug-likeness (QED) is 0.532. The molecule has 0 saturated carbocycles. The number of carbonyl (C=O) groups excluding carboxylic acids is 1. The maximum absolute atomic E-state index is 13.0. The minimum Gasteiger partial charge on any atom is -0.298 e. The van der Waals surface area contributed by atoms with E-state index in [-0.39, 0.29) is 5.91 Å². The summed E-state index contributed by atoms with van der Waals surface area (Å²) in [5.74, 6) is -0.173. The number of carbonyl (C=O) groups is 1. The summed E-state index contributed by atoms with van der Waals surface area (Å²) in [7, 11) is 0. The van der Waals surface area contributed by atoms with Crippen LogP contribution in [0, 0.1) is 0 Å². The number of aromatic nitrogens is 3. The summed E-state index contributed by atoms with van der Waals surface area (Å²) < 4.78 is 1.70. The Kier molecular flexibility index (Phi) is 5.13. The van der Waals surface area contributed by atoms with Gasteiger partial charge < -0.3 is 0 Å². The maximum atomic E-state index is 13.0. The Bertz CT molecular complexity index is 1150. The summed E-state index contributed by atoms with van der Waals surface area (Å²) in [6, 6.07) is 19.8. The molecule has 2 aromatic carbocycles. The fraction of sp³-hybridized carbons (Fsp3) is 0.174. The first-order valence-corrected chi connectivity index (χ1v) is 10.7. The number of rotatable bonds is 5. The van der Waals surface area contributed by atoms with Crippen molar-refractivity contribution >= 4 is 22.4 Å². The summed E-state index contributed by atoms with van der Waals surface area (Å²) in [5, 5.41) is 7.90. The molecule has 2 aromatic heterocycles. The molecule has 0 atom stereocenters. The van der Waals surface area contributed by atoms with Crippen LogP contribution in [0.4, 0.5) is 5.13 Å². The SMILES string of the molecule is O=C(Nc1nc2c(s1)CN(Cc1ccccc1)CC2)c1ccccc1-n1cccn1. The lowest BCUT2D eigenvalue weighted by molar-refractivity contribution is 0.102. The van der Waals surface area contributed by atoms with E-state index in [0.29, 0.717) is 10.7 Å². The number of para-hydroxylation sites is 1. The van der Waals surface area contributed by atoms with Gasteiger partial charge in [0.1, 0.15) is 0 Å². The van der Waals surface area contributed by atoms with Crippen molar-refractivity contribution in [1.29, 1.82) is 0 Å². The zero-order chi connectivity index (χ0) is 20.3. The number of nitrogens with one attached hydrogen (secondary N) is 1. The van der Waals surface area contributed by atoms with Crippen molar-refractivity contribution in [3.8, 4) is 5.69 Å². The van der Waals surface area contributed by atoms with Gasteiger partial charge in [-0.2, -0.15) is 5.10 Å². The van der Waals surface area contributed by atoms with Crippen LogP contribution in [0.5, 0.6) is 0 Å². The Labute approximate surface area is 178 Å². The molecule has 0 fully saturated rings. The highest BCUT2D eigenvalue weighted by atomic mass is 32.1. The monoisotopic (exact) mass is 415 g/mol. The van der Waals surface area contributed by atoms with Gasteiger partial charge in [0, 0.05) is 43.3 Å². The number of hydrogen-bond donors (Lipinski definition) is 1. The molecule has 6 nitrogen and oxygen atoms in total. The van der Waals surface area contributed by atoms with Gasteiger partial charge >= 0.3 is 0 Å². The Hall–Kier alpha value is -3.29. The molecule has 0 bridgehead atoms. The molecule has 0 unspecified atom stereocenters. The molecule has 3 heterocycles. The lowest BCUT2D eigenvalue weighted by Gasteiger charge is -2.25. The lowest BCUT2D eigenvalue weighted by Crippen LogP contribution is -2.29. The van der Waals surface area contributed by atoms with E-state index in [4.69, 9.17) is 0 Å². The molecule has 4 aromatic rings. The molecule has 1 amide bonds. The highest BCUT2D eigenvalue weighted by Gasteiger charge is 2.22. The van der Waals surface area contributed by atoms with E-state index in [0.717, 1.165) is 37.4 Å². The first-order chi connectivity index (χ1) is 14.8. The Morgan fingerprint density at radius 2 is 1.90 bits per heavy atom. The fourth-order valence-corrected chi connectivity index (χ4v) is 4.77. The highest BCUT2D eigenvalue weighted by Crippen LogP contribution is 2.29. The number of hydrogen-bond acceptors (Lipinski definition) is 5. The van der Waals surface area contributed by atoms with E-state index in [1.807, 2.05) is 42.6 Å². The van der Waals surface area contributed by atoms with Gasteiger partial charge in [0.15, 0.2) is 5.13 Å². The van der Waals surface area contributed by atoms with Crippen LogP contribution in [0.1, 0.15) is 26.5 Å². The minimum absolute atomic E-state index is 0.173. The molecule has 0 aliphatic carbocycles. The number of anilines is 1. The second-order valence-corrected chi connectivity index (χ2v) is 8.34. The average molecular weight is 416 g/mol. The summed E-state index contributed by atoms with van der Waals surface area (Å²) in [5.41, 5.74) is 3.73. The van der Waals surface area contributed by atoms with E-state index in [1.165, 1.54) is 10.4 Å². The molecule has 0 spiro atoms. The number of thiazole rings is 1. The van der Waals surface area contributed by atoms with Gasteiger partial charge in [0.25, 0.3) is 5.91 Å². The Morgan fingerprint density at radius 1 is 1.07 bits per heavy atom. The topological polar surface area (TPSA) is 63.1 Å². The van der Waals surface area contributed by atoms with Gasteiger partial charge in [-0.15, -0.1) is 11.3 Å². The summed E-state index contributed by atoms with van der Waals surface area (Å²) in [6.45, 7) is 2.76. The van der Waals surface area contributed by atoms with Gasteiger partial charge in [-0.3, -0.25) is 15.0 Å². The van der Waals surface area contributed by atoms with Gasteiger partial charge in [0.2, 0.25) is 0 Å². The zero-order valence-corrected chi connectivity index (χ0v) is 17.2. The number of amides is 1. The van der Waals surface area contributed by atoms with E-state index in [9.17, 15) is 4.79 Å². The van der Waals surface area contributed by atoms with Crippen molar-refractivity contribution < 1.29 is 4.79 Å². The third kappa shape index (κ3) is 3.90. The van der Waals surface area contributed by atoms with Gasteiger partial charge in [-0.05, 0) is 23.8 Å². The average Bonchev–Trinajstić information content (AvgIpc) is 3.44. The molecule has 0 radical (unpaired) electrons. The lowest BCUT2D eigenvalue weighted by atomic mass is 10.1. The van der Waals surface area contributed by atoms with E-state index in [1.54, 1.807) is 22.2 Å².